The summed E-state index contributed by atoms with van der Waals surface area (Å²) < 4.78 is 0.901. The molecule has 0 spiro atoms. The van der Waals surface area contributed by atoms with Gasteiger partial charge in [0.1, 0.15) is 41.9 Å². The van der Waals surface area contributed by atoms with Crippen LogP contribution >= 0.6 is 22.6 Å². The van der Waals surface area contributed by atoms with E-state index in [-0.39, 0.29) is 77.1 Å². The normalized spacial score (nSPS) is 16.2. The van der Waals surface area contributed by atoms with Gasteiger partial charge in [0.05, 0.1) is 18.7 Å². The Balaban J connectivity index is 2.25. The SMILES string of the molecule is CC(NC(=O)[C@@H](NC(=O)[C@@H](N)CCCCN)[C@@H](O)CN)C(=O)NCC(=O)N[C@H](CCCN)C(=O)N1CCC[C@H]1C(=O)NC(Cc1ccc(I)cc1)C(=O)N[C@@H](CCCCN)C(=O)N/C(=C\CCNC(=N)N)C(=O)O. The molecule has 2 rings (SSSR count). The van der Waals surface area contributed by atoms with Crippen molar-refractivity contribution in [1.29, 1.82) is 5.41 Å². The van der Waals surface area contributed by atoms with Gasteiger partial charge in [-0.3, -0.25) is 43.8 Å². The van der Waals surface area contributed by atoms with E-state index in [0.29, 0.717) is 44.2 Å². The summed E-state index contributed by atoms with van der Waals surface area (Å²) in [6, 6.07) is -1.59. The highest BCUT2D eigenvalue weighted by atomic mass is 127. The van der Waals surface area contributed by atoms with Crippen molar-refractivity contribution in [3.63, 3.8) is 0 Å². The van der Waals surface area contributed by atoms with Crippen molar-refractivity contribution in [2.45, 2.75) is 132 Å². The molecule has 27 nitrogen and oxygen atoms in total. The Morgan fingerprint density at radius 3 is 2.01 bits per heavy atom. The number of nitrogens with two attached hydrogens (primary N) is 6. The van der Waals surface area contributed by atoms with Gasteiger partial charge >= 0.3 is 5.97 Å². The monoisotopic (exact) mass is 1160 g/mol. The van der Waals surface area contributed by atoms with E-state index in [1.807, 2.05) is 0 Å². The lowest BCUT2D eigenvalue weighted by Crippen LogP contribution is -2.60. The highest BCUT2D eigenvalue weighted by Gasteiger charge is 2.39. The van der Waals surface area contributed by atoms with E-state index in [9.17, 15) is 53.4 Å². The number of amides is 8. The molecule has 0 radical (unpaired) electrons. The summed E-state index contributed by atoms with van der Waals surface area (Å²) in [6.07, 6.45) is 3.00. The number of carbonyl (C=O) groups excluding carboxylic acids is 8. The van der Waals surface area contributed by atoms with Crippen LogP contribution in [0.1, 0.15) is 83.1 Å². The van der Waals surface area contributed by atoms with Crippen molar-refractivity contribution in [2.24, 2.45) is 34.4 Å². The number of aliphatic hydroxyl groups excluding tert-OH is 1. The number of aliphatic hydroxyl groups is 1. The van der Waals surface area contributed by atoms with Crippen LogP contribution in [0.15, 0.2) is 36.0 Å². The summed E-state index contributed by atoms with van der Waals surface area (Å²) in [6.45, 7) is 1.28. The number of hydrogen-bond donors (Lipinski definition) is 17. The molecule has 1 fully saturated rings. The summed E-state index contributed by atoms with van der Waals surface area (Å²) in [5, 5.41) is 47.6. The number of carboxylic acid groups (broad SMARTS) is 1. The number of nitrogens with one attached hydrogen (secondary N) is 9. The maximum atomic E-state index is 14.2. The Labute approximate surface area is 444 Å². The zero-order valence-electron chi connectivity index (χ0n) is 41.8. The number of benzene rings is 1. The fraction of sp³-hybridized carbons (Fsp3) is 0.609. The minimum absolute atomic E-state index is 0.0452. The molecule has 8 amide bonds. The maximum Gasteiger partial charge on any atom is 0.352 e. The van der Waals surface area contributed by atoms with Gasteiger partial charge in [-0.25, -0.2) is 4.79 Å². The Hall–Kier alpha value is -6.05. The van der Waals surface area contributed by atoms with Crippen molar-refractivity contribution in [3.05, 3.63) is 45.2 Å². The van der Waals surface area contributed by atoms with Crippen molar-refractivity contribution in [2.75, 3.05) is 45.8 Å². The van der Waals surface area contributed by atoms with Crippen LogP contribution in [0.2, 0.25) is 0 Å². The molecular weight excluding hydrogens is 1080 g/mol. The third kappa shape index (κ3) is 23.0. The molecule has 1 aliphatic heterocycles. The molecule has 2 unspecified atom stereocenters. The zero-order valence-corrected chi connectivity index (χ0v) is 44.0. The Kier molecular flexibility index (Phi) is 29.8. The summed E-state index contributed by atoms with van der Waals surface area (Å²) in [4.78, 5) is 122. The standard InChI is InChI=1S/C46H77IN16O11/c1-26(57-43(71)37(35(64)24-51)62-39(67)29(52)9-2-4-18-48)38(66)56-25-36(65)58-31(11-6-20-50)44(72)63-22-8-13-34(63)42(70)61-33(23-27-14-16-28(47)17-15-27)41(69)59-30(10-3-5-19-49)40(68)60-32(45(73)74)12-7-21-55-46(53)54/h12,14-17,26,29-31,33-35,37,64H,2-11,13,18-25,48-52H2,1H3,(H,56,66)(H,57,71)(H,58,65)(H,59,69)(H,60,68)(H,61,70)(H,62,67)(H,73,74)(H4,53,54,55)/b32-12-/t26?,29-,30-,31+,33?,34-,35-,37-/m0/s1. The number of likely N-dealkylation sites (tertiary alicyclic amines) is 1. The second-order valence-electron chi connectivity index (χ2n) is 17.6. The summed E-state index contributed by atoms with van der Waals surface area (Å²) in [5.74, 6) is -8.01. The largest absolute Gasteiger partial charge is 0.477 e. The highest BCUT2D eigenvalue weighted by molar-refractivity contribution is 14.1. The minimum Gasteiger partial charge on any atom is -0.477 e. The second kappa shape index (κ2) is 34.4. The van der Waals surface area contributed by atoms with Gasteiger partial charge in [-0.15, -0.1) is 0 Å². The highest BCUT2D eigenvalue weighted by Crippen LogP contribution is 2.21. The number of nitrogens with zero attached hydrogens (tertiary/aromatic N) is 1. The fourth-order valence-corrected chi connectivity index (χ4v) is 7.95. The predicted octanol–water partition coefficient (Wildman–Crippen LogP) is -5.01. The number of halogens is 1. The van der Waals surface area contributed by atoms with Crippen molar-refractivity contribution >= 4 is 81.8 Å². The molecule has 1 aromatic rings. The quantitative estimate of drug-likeness (QED) is 0.0101. The third-order valence-electron chi connectivity index (χ3n) is 11.7. The number of guanidine groups is 1. The molecule has 414 valence electrons. The van der Waals surface area contributed by atoms with E-state index in [0.717, 1.165) is 3.57 Å². The van der Waals surface area contributed by atoms with Crippen LogP contribution in [-0.2, 0) is 49.6 Å². The van der Waals surface area contributed by atoms with E-state index < -0.39 is 120 Å². The number of rotatable bonds is 34. The number of hydrogen-bond acceptors (Lipinski definition) is 16. The van der Waals surface area contributed by atoms with Gasteiger partial charge in [0.25, 0.3) is 0 Å². The predicted molar refractivity (Wildman–Crippen MR) is 281 cm³/mol. The van der Waals surface area contributed by atoms with Crippen molar-refractivity contribution in [3.8, 4) is 0 Å². The lowest BCUT2D eigenvalue weighted by Gasteiger charge is -2.30. The van der Waals surface area contributed by atoms with Crippen LogP contribution in [0.4, 0.5) is 0 Å². The Morgan fingerprint density at radius 1 is 0.770 bits per heavy atom. The van der Waals surface area contributed by atoms with Crippen LogP contribution in [0.5, 0.6) is 0 Å². The number of carbonyl (C=O) groups is 9. The summed E-state index contributed by atoms with van der Waals surface area (Å²) >= 11 is 2.11. The third-order valence-corrected chi connectivity index (χ3v) is 12.4. The van der Waals surface area contributed by atoms with Gasteiger partial charge in [-0.2, -0.15) is 0 Å². The molecule has 0 aliphatic carbocycles. The van der Waals surface area contributed by atoms with E-state index in [1.165, 1.54) is 17.9 Å². The second-order valence-corrected chi connectivity index (χ2v) is 18.9. The Morgan fingerprint density at radius 2 is 1.41 bits per heavy atom. The van der Waals surface area contributed by atoms with Gasteiger partial charge in [0.2, 0.25) is 47.3 Å². The molecule has 0 aromatic heterocycles. The van der Waals surface area contributed by atoms with Gasteiger partial charge in [-0.05, 0) is 131 Å². The lowest BCUT2D eigenvalue weighted by atomic mass is 10.0. The Bertz CT molecular complexity index is 2080. The average molecular weight is 1160 g/mol. The number of aliphatic carboxylic acids is 1. The smallest absolute Gasteiger partial charge is 0.352 e. The molecule has 1 aliphatic rings. The molecule has 1 saturated heterocycles. The summed E-state index contributed by atoms with van der Waals surface area (Å²) in [5.41, 5.74) is 33.9. The van der Waals surface area contributed by atoms with E-state index in [4.69, 9.17) is 39.8 Å². The molecule has 8 atom stereocenters. The average Bonchev–Trinajstić information content (AvgIpc) is 3.87. The lowest BCUT2D eigenvalue weighted by molar-refractivity contribution is -0.142. The van der Waals surface area contributed by atoms with E-state index >= 15 is 0 Å². The molecule has 0 saturated carbocycles. The maximum absolute atomic E-state index is 14.2. The molecule has 1 heterocycles. The molecule has 28 heteroatoms. The van der Waals surface area contributed by atoms with Crippen molar-refractivity contribution < 1.29 is 53.4 Å². The van der Waals surface area contributed by atoms with Crippen LogP contribution in [0.25, 0.3) is 0 Å². The van der Waals surface area contributed by atoms with Crippen LogP contribution < -0.4 is 76.9 Å². The number of carboxylic acids is 1. The van der Waals surface area contributed by atoms with Gasteiger partial charge in [-0.1, -0.05) is 24.6 Å². The first-order valence-corrected chi connectivity index (χ1v) is 25.6. The molecular formula is C46H77IN16O11. The molecule has 23 N–H and O–H groups in total. The van der Waals surface area contributed by atoms with E-state index in [2.05, 4.69) is 65.1 Å². The van der Waals surface area contributed by atoms with Crippen LogP contribution in [0, 0.1) is 8.98 Å². The molecule has 0 bridgehead atoms. The number of unbranched alkanes of at least 4 members (excludes halogenated alkanes) is 2. The first-order valence-electron chi connectivity index (χ1n) is 24.6. The topological polar surface area (TPSA) is 474 Å². The minimum atomic E-state index is -1.56. The van der Waals surface area contributed by atoms with Crippen LogP contribution in [0.3, 0.4) is 0 Å². The van der Waals surface area contributed by atoms with Gasteiger partial charge in [0.15, 0.2) is 5.96 Å². The van der Waals surface area contributed by atoms with Crippen LogP contribution in [-0.4, -0.2) is 169 Å². The molecule has 1 aromatic carbocycles. The first-order chi connectivity index (χ1) is 35.2. The van der Waals surface area contributed by atoms with E-state index in [1.54, 1.807) is 24.3 Å². The molecule has 74 heavy (non-hydrogen) atoms. The van der Waals surface area contributed by atoms with Crippen molar-refractivity contribution in [1.82, 2.24) is 47.4 Å². The summed E-state index contributed by atoms with van der Waals surface area (Å²) in [7, 11) is 0. The first kappa shape index (κ1) is 64.1. The van der Waals surface area contributed by atoms with Gasteiger partial charge < -0.3 is 92.0 Å². The fourth-order valence-electron chi connectivity index (χ4n) is 7.59. The zero-order chi connectivity index (χ0) is 55.3. The van der Waals surface area contributed by atoms with Gasteiger partial charge in [0, 0.05) is 29.6 Å².